The number of nitrogens with one attached hydrogen (secondary N) is 1. The molecule has 0 spiro atoms. The summed E-state index contributed by atoms with van der Waals surface area (Å²) in [4.78, 5) is 18.9. The highest BCUT2D eigenvalue weighted by molar-refractivity contribution is 5.80. The van der Waals surface area contributed by atoms with Crippen LogP contribution in [-0.2, 0) is 14.3 Å². The van der Waals surface area contributed by atoms with Gasteiger partial charge in [-0.25, -0.2) is 0 Å². The first-order chi connectivity index (χ1) is 13.7. The minimum atomic E-state index is -0.0613. The maximum Gasteiger partial charge on any atom is 0.309 e. The van der Waals surface area contributed by atoms with E-state index in [0.29, 0.717) is 13.2 Å². The smallest absolute Gasteiger partial charge is 0.309 e. The number of carbonyl (C=O) groups excluding carboxylic acids is 1. The van der Waals surface area contributed by atoms with E-state index in [1.54, 1.807) is 0 Å². The largest absolute Gasteiger partial charge is 0.466 e. The van der Waals surface area contributed by atoms with Crippen LogP contribution in [0.4, 0.5) is 0 Å². The van der Waals surface area contributed by atoms with E-state index < -0.39 is 0 Å². The number of hydrogen-bond acceptors (Lipinski definition) is 4. The lowest BCUT2D eigenvalue weighted by Crippen LogP contribution is -2.46. The molecule has 2 rings (SSSR count). The molecule has 1 fully saturated rings. The summed E-state index contributed by atoms with van der Waals surface area (Å²) in [5.74, 6) is 0.890. The molecule has 156 valence electrons. The number of guanidine groups is 1. The van der Waals surface area contributed by atoms with Gasteiger partial charge >= 0.3 is 5.97 Å². The van der Waals surface area contributed by atoms with Crippen LogP contribution in [0.5, 0.6) is 0 Å². The first kappa shape index (κ1) is 22.2. The molecule has 6 nitrogen and oxygen atoms in total. The van der Waals surface area contributed by atoms with Gasteiger partial charge in [-0.05, 0) is 45.6 Å². The van der Waals surface area contributed by atoms with E-state index in [9.17, 15) is 4.79 Å². The average molecular weight is 390 g/mol. The molecule has 6 heteroatoms. The van der Waals surface area contributed by atoms with E-state index >= 15 is 0 Å². The summed E-state index contributed by atoms with van der Waals surface area (Å²) < 4.78 is 11.1. The second-order valence-corrected chi connectivity index (χ2v) is 7.03. The third-order valence-electron chi connectivity index (χ3n) is 4.95. The van der Waals surface area contributed by atoms with Crippen LogP contribution in [0, 0.1) is 5.92 Å². The zero-order valence-corrected chi connectivity index (χ0v) is 17.5. The molecule has 1 unspecified atom stereocenters. The molecule has 1 heterocycles. The van der Waals surface area contributed by atoms with Crippen molar-refractivity contribution in [1.29, 1.82) is 0 Å². The predicted octanol–water partition coefficient (Wildman–Crippen LogP) is 3.39. The monoisotopic (exact) mass is 389 g/mol. The Morgan fingerprint density at radius 3 is 2.61 bits per heavy atom. The number of carbonyl (C=O) groups is 1. The quantitative estimate of drug-likeness (QED) is 0.304. The fourth-order valence-corrected chi connectivity index (χ4v) is 3.34. The minimum Gasteiger partial charge on any atom is -0.466 e. The molecule has 1 aliphatic heterocycles. The lowest BCUT2D eigenvalue weighted by atomic mass is 9.97. The number of aliphatic imine (C=N–C) groups is 1. The Bertz CT molecular complexity index is 598. The number of hydrogen-bond donors (Lipinski definition) is 1. The number of nitrogens with zero attached hydrogens (tertiary/aromatic N) is 2. The van der Waals surface area contributed by atoms with Crippen LogP contribution in [0.3, 0.4) is 0 Å². The minimum absolute atomic E-state index is 0.0203. The van der Waals surface area contributed by atoms with Gasteiger partial charge in [-0.3, -0.25) is 9.79 Å². The summed E-state index contributed by atoms with van der Waals surface area (Å²) in [7, 11) is 0. The van der Waals surface area contributed by atoms with Crippen molar-refractivity contribution in [2.45, 2.75) is 46.1 Å². The number of esters is 1. The highest BCUT2D eigenvalue weighted by atomic mass is 16.5. The number of likely N-dealkylation sites (tertiary alicyclic amines) is 1. The second-order valence-electron chi connectivity index (χ2n) is 7.03. The molecule has 0 amide bonds. The molecule has 0 saturated carbocycles. The van der Waals surface area contributed by atoms with Gasteiger partial charge < -0.3 is 19.7 Å². The van der Waals surface area contributed by atoms with Gasteiger partial charge in [0, 0.05) is 32.8 Å². The van der Waals surface area contributed by atoms with Crippen molar-refractivity contribution in [3.05, 3.63) is 35.9 Å². The maximum absolute atomic E-state index is 11.9. The van der Waals surface area contributed by atoms with E-state index in [1.807, 2.05) is 25.1 Å². The average Bonchev–Trinajstić information content (AvgIpc) is 2.73. The van der Waals surface area contributed by atoms with Gasteiger partial charge in [0.25, 0.3) is 0 Å². The molecule has 28 heavy (non-hydrogen) atoms. The van der Waals surface area contributed by atoms with Crippen LogP contribution >= 0.6 is 0 Å². The molecule has 0 radical (unpaired) electrons. The lowest BCUT2D eigenvalue weighted by molar-refractivity contribution is -0.149. The van der Waals surface area contributed by atoms with Crippen molar-refractivity contribution in [3.63, 3.8) is 0 Å². The molecule has 1 atom stereocenters. The van der Waals surface area contributed by atoms with Crippen molar-refractivity contribution in [3.8, 4) is 0 Å². The first-order valence-electron chi connectivity index (χ1n) is 10.5. The van der Waals surface area contributed by atoms with E-state index in [-0.39, 0.29) is 18.0 Å². The summed E-state index contributed by atoms with van der Waals surface area (Å²) in [6, 6.07) is 10.3. The Balaban J connectivity index is 1.74. The fraction of sp³-hybridized carbons (Fsp3) is 0.636. The SMILES string of the molecule is CCNC(=NCCCOC(C)c1ccccc1)N1CCC(C(=O)OCC)CC1. The lowest BCUT2D eigenvalue weighted by Gasteiger charge is -2.33. The summed E-state index contributed by atoms with van der Waals surface area (Å²) >= 11 is 0. The van der Waals surface area contributed by atoms with Gasteiger partial charge in [0.05, 0.1) is 18.6 Å². The number of benzene rings is 1. The summed E-state index contributed by atoms with van der Waals surface area (Å²) in [6.45, 7) is 10.4. The standard InChI is InChI=1S/C22H35N3O3/c1-4-23-22(25-15-12-20(13-16-25)21(26)27-5-2)24-14-9-17-28-18(3)19-10-7-6-8-11-19/h6-8,10-11,18,20H,4-5,9,12-17H2,1-3H3,(H,23,24). The van der Waals surface area contributed by atoms with Gasteiger partial charge in [0.1, 0.15) is 0 Å². The zero-order chi connectivity index (χ0) is 20.2. The summed E-state index contributed by atoms with van der Waals surface area (Å²) in [5, 5.41) is 3.37. The van der Waals surface area contributed by atoms with Crippen molar-refractivity contribution >= 4 is 11.9 Å². The topological polar surface area (TPSA) is 63.2 Å². The summed E-state index contributed by atoms with van der Waals surface area (Å²) in [6.07, 6.45) is 2.62. The normalized spacial score (nSPS) is 16.7. The molecule has 0 aromatic heterocycles. The molecule has 1 N–H and O–H groups in total. The van der Waals surface area contributed by atoms with Crippen molar-refractivity contribution in [2.75, 3.05) is 39.4 Å². The summed E-state index contributed by atoms with van der Waals surface area (Å²) in [5.41, 5.74) is 1.20. The van der Waals surface area contributed by atoms with E-state index in [0.717, 1.165) is 51.4 Å². The van der Waals surface area contributed by atoms with Crippen LogP contribution in [0.1, 0.15) is 51.7 Å². The van der Waals surface area contributed by atoms with E-state index in [1.165, 1.54) is 5.56 Å². The third-order valence-corrected chi connectivity index (χ3v) is 4.95. The van der Waals surface area contributed by atoms with Crippen LogP contribution in [0.2, 0.25) is 0 Å². The van der Waals surface area contributed by atoms with Gasteiger partial charge in [-0.15, -0.1) is 0 Å². The van der Waals surface area contributed by atoms with Crippen LogP contribution in [0.25, 0.3) is 0 Å². The molecule has 0 aliphatic carbocycles. The molecular formula is C22H35N3O3. The number of rotatable bonds is 9. The third kappa shape index (κ3) is 7.15. The van der Waals surface area contributed by atoms with Gasteiger partial charge in [-0.1, -0.05) is 30.3 Å². The molecule has 0 bridgehead atoms. The molecule has 1 aromatic carbocycles. The second kappa shape index (κ2) is 12.4. The fourth-order valence-electron chi connectivity index (χ4n) is 3.34. The number of piperidine rings is 1. The Labute approximate surface area is 169 Å². The Hall–Kier alpha value is -2.08. The number of ether oxygens (including phenoxy) is 2. The van der Waals surface area contributed by atoms with Gasteiger partial charge in [-0.2, -0.15) is 0 Å². The van der Waals surface area contributed by atoms with E-state index in [2.05, 4.69) is 36.2 Å². The molecule has 1 aromatic rings. The first-order valence-corrected chi connectivity index (χ1v) is 10.5. The van der Waals surface area contributed by atoms with Crippen molar-refractivity contribution in [1.82, 2.24) is 10.2 Å². The molecule has 1 aliphatic rings. The van der Waals surface area contributed by atoms with Crippen LogP contribution in [0.15, 0.2) is 35.3 Å². The Morgan fingerprint density at radius 2 is 1.96 bits per heavy atom. The zero-order valence-electron chi connectivity index (χ0n) is 17.5. The van der Waals surface area contributed by atoms with Crippen LogP contribution < -0.4 is 5.32 Å². The Kier molecular flexibility index (Phi) is 9.83. The van der Waals surface area contributed by atoms with Gasteiger partial charge in [0.2, 0.25) is 0 Å². The highest BCUT2D eigenvalue weighted by Gasteiger charge is 2.27. The molecular weight excluding hydrogens is 354 g/mol. The Morgan fingerprint density at radius 1 is 1.25 bits per heavy atom. The van der Waals surface area contributed by atoms with E-state index in [4.69, 9.17) is 14.5 Å². The highest BCUT2D eigenvalue weighted by Crippen LogP contribution is 2.19. The molecule has 1 saturated heterocycles. The van der Waals surface area contributed by atoms with Crippen LogP contribution in [-0.4, -0.2) is 56.2 Å². The van der Waals surface area contributed by atoms with Crippen molar-refractivity contribution in [2.24, 2.45) is 10.9 Å². The van der Waals surface area contributed by atoms with Crippen molar-refractivity contribution < 1.29 is 14.3 Å². The van der Waals surface area contributed by atoms with Gasteiger partial charge in [0.15, 0.2) is 5.96 Å². The maximum atomic E-state index is 11.9. The predicted molar refractivity (Wildman–Crippen MR) is 112 cm³/mol.